The average molecular weight is 385 g/mol. The van der Waals surface area contributed by atoms with Crippen LogP contribution in [0.3, 0.4) is 0 Å². The van der Waals surface area contributed by atoms with E-state index in [0.29, 0.717) is 23.6 Å². The van der Waals surface area contributed by atoms with Crippen LogP contribution < -0.4 is 5.32 Å². The number of nitriles is 1. The number of hydrogen-bond donors (Lipinski definition) is 1. The van der Waals surface area contributed by atoms with Gasteiger partial charge >= 0.3 is 0 Å². The molecule has 2 aromatic rings. The molecule has 140 valence electrons. The highest BCUT2D eigenvalue weighted by Gasteiger charge is 2.33. The van der Waals surface area contributed by atoms with Crippen LogP contribution >= 0.6 is 0 Å². The Morgan fingerprint density at radius 2 is 2.00 bits per heavy atom. The minimum absolute atomic E-state index is 0.0182. The highest BCUT2D eigenvalue weighted by Crippen LogP contribution is 2.20. The molecule has 1 aromatic carbocycles. The van der Waals surface area contributed by atoms with Gasteiger partial charge in [0, 0.05) is 24.8 Å². The first-order valence-electron chi connectivity index (χ1n) is 8.38. The van der Waals surface area contributed by atoms with Crippen LogP contribution in [0.25, 0.3) is 0 Å². The number of nitrogens with zero attached hydrogens (tertiary/aromatic N) is 4. The third-order valence-corrected chi connectivity index (χ3v) is 6.17. The summed E-state index contributed by atoms with van der Waals surface area (Å²) in [4.78, 5) is 22.7. The molecule has 0 aliphatic carbocycles. The Hall–Kier alpha value is -2.99. The van der Waals surface area contributed by atoms with Crippen LogP contribution in [0, 0.1) is 18.3 Å². The maximum absolute atomic E-state index is 12.8. The fraction of sp³-hybridized carbons (Fsp3) is 0.333. The van der Waals surface area contributed by atoms with Gasteiger partial charge in [-0.2, -0.15) is 5.26 Å². The Morgan fingerprint density at radius 3 is 2.59 bits per heavy atom. The number of anilines is 2. The fourth-order valence-electron chi connectivity index (χ4n) is 2.94. The van der Waals surface area contributed by atoms with Gasteiger partial charge in [-0.15, -0.1) is 0 Å². The number of carbonyl (C=O) groups excluding carboxylic acids is 1. The summed E-state index contributed by atoms with van der Waals surface area (Å²) in [5.74, 6) is 0.608. The molecule has 1 fully saturated rings. The molecule has 2 heterocycles. The van der Waals surface area contributed by atoms with E-state index in [1.807, 2.05) is 6.07 Å². The molecule has 8 nitrogen and oxygen atoms in total. The first-order valence-corrected chi connectivity index (χ1v) is 10.2. The van der Waals surface area contributed by atoms with E-state index >= 15 is 0 Å². The minimum atomic E-state index is -3.08. The Labute approximate surface area is 157 Å². The van der Waals surface area contributed by atoms with E-state index in [1.54, 1.807) is 38.2 Å². The first kappa shape index (κ1) is 18.8. The van der Waals surface area contributed by atoms with Gasteiger partial charge in [0.15, 0.2) is 9.84 Å². The Morgan fingerprint density at radius 1 is 1.30 bits per heavy atom. The van der Waals surface area contributed by atoms with Crippen molar-refractivity contribution in [3.05, 3.63) is 47.4 Å². The van der Waals surface area contributed by atoms with E-state index in [-0.39, 0.29) is 29.1 Å². The van der Waals surface area contributed by atoms with Crippen LogP contribution in [0.4, 0.5) is 11.5 Å². The number of amides is 1. The third-order valence-electron chi connectivity index (χ3n) is 4.42. The van der Waals surface area contributed by atoms with Gasteiger partial charge in [0.1, 0.15) is 17.3 Å². The smallest absolute Gasteiger partial charge is 0.272 e. The van der Waals surface area contributed by atoms with E-state index in [9.17, 15) is 13.2 Å². The van der Waals surface area contributed by atoms with E-state index < -0.39 is 9.84 Å². The van der Waals surface area contributed by atoms with Gasteiger partial charge in [0.25, 0.3) is 5.91 Å². The van der Waals surface area contributed by atoms with Crippen molar-refractivity contribution < 1.29 is 13.2 Å². The molecule has 1 unspecified atom stereocenters. The predicted molar refractivity (Wildman–Crippen MR) is 100 cm³/mol. The van der Waals surface area contributed by atoms with Crippen molar-refractivity contribution in [3.8, 4) is 6.07 Å². The quantitative estimate of drug-likeness (QED) is 0.851. The molecule has 3 rings (SSSR count). The number of carbonyl (C=O) groups is 1. The summed E-state index contributed by atoms with van der Waals surface area (Å²) in [6.45, 7) is 1.68. The minimum Gasteiger partial charge on any atom is -0.340 e. The lowest BCUT2D eigenvalue weighted by Gasteiger charge is -2.23. The van der Waals surface area contributed by atoms with Crippen molar-refractivity contribution >= 4 is 27.2 Å². The molecular weight excluding hydrogens is 366 g/mol. The average Bonchev–Trinajstić information content (AvgIpc) is 3.00. The summed E-state index contributed by atoms with van der Waals surface area (Å²) in [6.07, 6.45) is 0.436. The molecule has 1 aliphatic heterocycles. The van der Waals surface area contributed by atoms with Crippen LogP contribution in [0.2, 0.25) is 0 Å². The topological polar surface area (TPSA) is 116 Å². The Balaban J connectivity index is 1.80. The maximum atomic E-state index is 12.8. The number of sulfone groups is 1. The van der Waals surface area contributed by atoms with E-state index in [1.165, 1.54) is 11.0 Å². The van der Waals surface area contributed by atoms with Crippen LogP contribution in [-0.4, -0.2) is 53.8 Å². The van der Waals surface area contributed by atoms with Gasteiger partial charge in [-0.3, -0.25) is 4.79 Å². The molecule has 1 N–H and O–H groups in total. The van der Waals surface area contributed by atoms with Crippen molar-refractivity contribution in [1.29, 1.82) is 5.26 Å². The molecule has 0 spiro atoms. The van der Waals surface area contributed by atoms with E-state index in [2.05, 4.69) is 15.3 Å². The largest absolute Gasteiger partial charge is 0.340 e. The number of rotatable bonds is 4. The maximum Gasteiger partial charge on any atom is 0.272 e. The number of benzene rings is 1. The molecule has 1 amide bonds. The van der Waals surface area contributed by atoms with Crippen LogP contribution in [0.5, 0.6) is 0 Å². The second kappa shape index (κ2) is 7.32. The Kier molecular flexibility index (Phi) is 5.10. The zero-order valence-corrected chi connectivity index (χ0v) is 15.8. The lowest BCUT2D eigenvalue weighted by atomic mass is 10.2. The molecule has 27 heavy (non-hydrogen) atoms. The van der Waals surface area contributed by atoms with Crippen molar-refractivity contribution in [2.75, 3.05) is 23.9 Å². The molecule has 0 radical (unpaired) electrons. The zero-order valence-electron chi connectivity index (χ0n) is 15.0. The molecule has 1 saturated heterocycles. The summed E-state index contributed by atoms with van der Waals surface area (Å²) < 4.78 is 23.3. The third kappa shape index (κ3) is 4.41. The lowest BCUT2D eigenvalue weighted by Crippen LogP contribution is -2.38. The van der Waals surface area contributed by atoms with Crippen molar-refractivity contribution in [3.63, 3.8) is 0 Å². The lowest BCUT2D eigenvalue weighted by molar-refractivity contribution is 0.0741. The van der Waals surface area contributed by atoms with E-state index in [0.717, 1.165) is 5.69 Å². The predicted octanol–water partition coefficient (Wildman–Crippen LogP) is 1.66. The molecule has 1 aromatic heterocycles. The van der Waals surface area contributed by atoms with Gasteiger partial charge in [0.2, 0.25) is 0 Å². The fourth-order valence-corrected chi connectivity index (χ4v) is 4.72. The van der Waals surface area contributed by atoms with Crippen molar-refractivity contribution in [2.24, 2.45) is 0 Å². The highest BCUT2D eigenvalue weighted by molar-refractivity contribution is 7.91. The highest BCUT2D eigenvalue weighted by atomic mass is 32.2. The molecular formula is C18H19N5O3S. The summed E-state index contributed by atoms with van der Waals surface area (Å²) in [5.41, 5.74) is 1.47. The van der Waals surface area contributed by atoms with Gasteiger partial charge in [-0.1, -0.05) is 0 Å². The number of aromatic nitrogens is 2. The number of hydrogen-bond acceptors (Lipinski definition) is 7. The molecule has 9 heteroatoms. The van der Waals surface area contributed by atoms with Gasteiger partial charge in [0.05, 0.1) is 23.1 Å². The van der Waals surface area contributed by atoms with E-state index in [4.69, 9.17) is 5.26 Å². The first-order chi connectivity index (χ1) is 12.8. The monoisotopic (exact) mass is 385 g/mol. The molecule has 0 saturated carbocycles. The second-order valence-corrected chi connectivity index (χ2v) is 8.70. The summed E-state index contributed by atoms with van der Waals surface area (Å²) >= 11 is 0. The van der Waals surface area contributed by atoms with Gasteiger partial charge in [-0.05, 0) is 37.6 Å². The van der Waals surface area contributed by atoms with Crippen LogP contribution in [0.1, 0.15) is 28.3 Å². The number of aryl methyl sites for hydroxylation is 1. The number of nitrogens with one attached hydrogen (secondary N) is 1. The van der Waals surface area contributed by atoms with Crippen LogP contribution in [0.15, 0.2) is 30.3 Å². The van der Waals surface area contributed by atoms with Crippen LogP contribution in [-0.2, 0) is 9.84 Å². The Bertz CT molecular complexity index is 1010. The standard InChI is InChI=1S/C18H19N5O3S/c1-12-20-16(18(24)23(2)15-7-8-27(25,26)11-15)9-17(21-12)22-14-5-3-13(10-19)4-6-14/h3-6,9,15H,7-8,11H2,1-2H3,(H,20,21,22). The SMILES string of the molecule is Cc1nc(Nc2ccc(C#N)cc2)cc(C(=O)N(C)C2CCS(=O)(=O)C2)n1. The van der Waals surface area contributed by atoms with Gasteiger partial charge < -0.3 is 10.2 Å². The van der Waals surface area contributed by atoms with Crippen molar-refractivity contribution in [2.45, 2.75) is 19.4 Å². The molecule has 0 bridgehead atoms. The normalized spacial score (nSPS) is 17.9. The van der Waals surface area contributed by atoms with Gasteiger partial charge in [-0.25, -0.2) is 18.4 Å². The summed E-state index contributed by atoms with van der Waals surface area (Å²) in [6, 6.07) is 10.1. The summed E-state index contributed by atoms with van der Waals surface area (Å²) in [7, 11) is -1.48. The zero-order chi connectivity index (χ0) is 19.6. The summed E-state index contributed by atoms with van der Waals surface area (Å²) in [5, 5.41) is 11.9. The molecule has 1 aliphatic rings. The molecule has 1 atom stereocenters. The second-order valence-electron chi connectivity index (χ2n) is 6.47. The van der Waals surface area contributed by atoms with Crippen molar-refractivity contribution in [1.82, 2.24) is 14.9 Å².